The summed E-state index contributed by atoms with van der Waals surface area (Å²) in [6.07, 6.45) is 0.759. The van der Waals surface area contributed by atoms with Crippen molar-refractivity contribution in [3.8, 4) is 5.69 Å². The lowest BCUT2D eigenvalue weighted by atomic mass is 10.1. The van der Waals surface area contributed by atoms with Crippen LogP contribution < -0.4 is 5.56 Å². The summed E-state index contributed by atoms with van der Waals surface area (Å²) < 4.78 is 7.03. The predicted molar refractivity (Wildman–Crippen MR) is 125 cm³/mol. The van der Waals surface area contributed by atoms with Crippen molar-refractivity contribution >= 4 is 29.5 Å². The molecule has 0 bridgehead atoms. The molecule has 0 saturated heterocycles. The fraction of sp³-hybridized carbons (Fsp3) is 0.292. The number of hydrogen-bond acceptors (Lipinski definition) is 6. The highest BCUT2D eigenvalue weighted by molar-refractivity contribution is 8.00. The number of ether oxygens (including phenoxy) is 1. The Kier molecular flexibility index (Phi) is 6.53. The van der Waals surface area contributed by atoms with Crippen LogP contribution in [0.2, 0.25) is 0 Å². The maximum Gasteiger partial charge on any atom is 0.316 e. The minimum Gasteiger partial charge on any atom is -0.460 e. The second-order valence-corrected chi connectivity index (χ2v) is 10.1. The number of fused-ring (bicyclic) bond motifs is 1. The number of aryl methyl sites for hydroxylation is 2. The average molecular weight is 453 g/mol. The van der Waals surface area contributed by atoms with Crippen LogP contribution in [0.1, 0.15) is 29.3 Å². The number of esters is 1. The Bertz CT molecular complexity index is 1160. The molecule has 0 fully saturated rings. The fourth-order valence-corrected chi connectivity index (χ4v) is 5.53. The van der Waals surface area contributed by atoms with Crippen LogP contribution in [0.4, 0.5) is 0 Å². The van der Waals surface area contributed by atoms with E-state index in [2.05, 4.69) is 13.0 Å². The van der Waals surface area contributed by atoms with E-state index in [1.165, 1.54) is 11.8 Å². The van der Waals surface area contributed by atoms with Crippen LogP contribution in [0.25, 0.3) is 5.69 Å². The Morgan fingerprint density at radius 3 is 2.61 bits per heavy atom. The van der Waals surface area contributed by atoms with E-state index >= 15 is 0 Å². The number of hydrogen-bond donors (Lipinski definition) is 0. The Morgan fingerprint density at radius 2 is 1.90 bits per heavy atom. The summed E-state index contributed by atoms with van der Waals surface area (Å²) in [5.41, 5.74) is 4.61. The summed E-state index contributed by atoms with van der Waals surface area (Å²) in [4.78, 5) is 31.2. The van der Waals surface area contributed by atoms with Crippen LogP contribution in [0.5, 0.6) is 0 Å². The van der Waals surface area contributed by atoms with E-state index in [4.69, 9.17) is 9.72 Å². The molecule has 1 aromatic heterocycles. The average Bonchev–Trinajstić information content (AvgIpc) is 3.11. The van der Waals surface area contributed by atoms with Gasteiger partial charge in [-0.25, -0.2) is 4.98 Å². The van der Waals surface area contributed by atoms with Crippen LogP contribution in [-0.4, -0.2) is 26.5 Å². The quantitative estimate of drug-likeness (QED) is 0.306. The Morgan fingerprint density at radius 1 is 1.19 bits per heavy atom. The monoisotopic (exact) mass is 452 g/mol. The third-order valence-corrected chi connectivity index (χ3v) is 7.03. The molecule has 0 spiro atoms. The molecule has 1 atom stereocenters. The zero-order valence-electron chi connectivity index (χ0n) is 17.8. The molecule has 0 saturated carbocycles. The zero-order valence-corrected chi connectivity index (χ0v) is 19.4. The number of carbonyl (C=O) groups is 1. The minimum atomic E-state index is -0.335. The van der Waals surface area contributed by atoms with Gasteiger partial charge in [0, 0.05) is 11.7 Å². The second-order valence-electron chi connectivity index (χ2n) is 7.72. The summed E-state index contributed by atoms with van der Waals surface area (Å²) in [5.74, 6) is -0.246. The van der Waals surface area contributed by atoms with E-state index in [0.717, 1.165) is 34.5 Å². The number of benzene rings is 2. The lowest BCUT2D eigenvalue weighted by Crippen LogP contribution is -2.24. The summed E-state index contributed by atoms with van der Waals surface area (Å²) in [7, 11) is 0. The van der Waals surface area contributed by atoms with Crippen molar-refractivity contribution in [3.63, 3.8) is 0 Å². The number of thioether (sulfide) groups is 2. The van der Waals surface area contributed by atoms with Crippen molar-refractivity contribution in [2.45, 2.75) is 49.1 Å². The summed E-state index contributed by atoms with van der Waals surface area (Å²) >= 11 is 2.82. The highest BCUT2D eigenvalue weighted by Gasteiger charge is 2.27. The maximum atomic E-state index is 13.4. The third kappa shape index (κ3) is 5.05. The van der Waals surface area contributed by atoms with Crippen molar-refractivity contribution in [1.82, 2.24) is 9.55 Å². The van der Waals surface area contributed by atoms with Crippen LogP contribution in [0.3, 0.4) is 0 Å². The van der Waals surface area contributed by atoms with Crippen molar-refractivity contribution in [3.05, 3.63) is 81.3 Å². The van der Waals surface area contributed by atoms with Crippen molar-refractivity contribution in [2.75, 3.05) is 5.75 Å². The number of carbonyl (C=O) groups excluding carboxylic acids is 1. The molecule has 5 nitrogen and oxygen atoms in total. The molecule has 0 N–H and O–H groups in total. The Balaban J connectivity index is 1.60. The van der Waals surface area contributed by atoms with Crippen molar-refractivity contribution < 1.29 is 9.53 Å². The van der Waals surface area contributed by atoms with E-state index in [0.29, 0.717) is 15.3 Å². The Labute approximate surface area is 190 Å². The maximum absolute atomic E-state index is 13.4. The molecule has 2 aromatic carbocycles. The topological polar surface area (TPSA) is 61.2 Å². The SMILES string of the molecule is Cc1cc(C)cc(-n2c(SCC(=O)OCc3ccccc3)nc3c(c2=O)SC(C)C3)c1. The molecular weight excluding hydrogens is 428 g/mol. The van der Waals surface area contributed by atoms with Gasteiger partial charge < -0.3 is 4.74 Å². The van der Waals surface area contributed by atoms with Gasteiger partial charge in [-0.1, -0.05) is 55.1 Å². The van der Waals surface area contributed by atoms with Gasteiger partial charge in [-0.15, -0.1) is 11.8 Å². The molecule has 4 rings (SSSR count). The van der Waals surface area contributed by atoms with Gasteiger partial charge in [-0.05, 0) is 42.7 Å². The number of nitrogens with zero attached hydrogens (tertiary/aromatic N) is 2. The largest absolute Gasteiger partial charge is 0.460 e. The molecule has 0 radical (unpaired) electrons. The van der Waals surface area contributed by atoms with E-state index in [1.807, 2.05) is 56.3 Å². The molecular formula is C24H24N2O3S2. The number of aromatic nitrogens is 2. The number of rotatable bonds is 6. The van der Waals surface area contributed by atoms with E-state index < -0.39 is 0 Å². The highest BCUT2D eigenvalue weighted by atomic mass is 32.2. The smallest absolute Gasteiger partial charge is 0.316 e. The van der Waals surface area contributed by atoms with E-state index in [1.54, 1.807) is 16.3 Å². The van der Waals surface area contributed by atoms with E-state index in [9.17, 15) is 9.59 Å². The molecule has 1 unspecified atom stereocenters. The van der Waals surface area contributed by atoms with Gasteiger partial charge in [-0.2, -0.15) is 0 Å². The normalized spacial score (nSPS) is 15.0. The first-order chi connectivity index (χ1) is 14.9. The third-order valence-electron chi connectivity index (χ3n) is 4.91. The lowest BCUT2D eigenvalue weighted by molar-refractivity contribution is -0.141. The fourth-order valence-electron chi connectivity index (χ4n) is 3.61. The molecule has 160 valence electrons. The molecule has 31 heavy (non-hydrogen) atoms. The minimum absolute atomic E-state index is 0.0653. The highest BCUT2D eigenvalue weighted by Crippen LogP contribution is 2.35. The predicted octanol–water partition coefficient (Wildman–Crippen LogP) is 4.72. The first kappa shape index (κ1) is 21.7. The first-order valence-electron chi connectivity index (χ1n) is 10.1. The van der Waals surface area contributed by atoms with E-state index in [-0.39, 0.29) is 23.9 Å². The van der Waals surface area contributed by atoms with Crippen LogP contribution >= 0.6 is 23.5 Å². The lowest BCUT2D eigenvalue weighted by Gasteiger charge is -2.15. The standard InChI is InChI=1S/C24H24N2O3S2/c1-15-9-16(2)11-19(10-15)26-23(28)22-20(12-17(3)31-22)25-24(26)30-14-21(27)29-13-18-7-5-4-6-8-18/h4-11,17H,12-14H2,1-3H3. The second kappa shape index (κ2) is 9.32. The first-order valence-corrected chi connectivity index (χ1v) is 12.0. The summed E-state index contributed by atoms with van der Waals surface area (Å²) in [6.45, 7) is 6.34. The summed E-state index contributed by atoms with van der Waals surface area (Å²) in [5, 5.41) is 0.846. The van der Waals surface area contributed by atoms with Gasteiger partial charge in [0.15, 0.2) is 5.16 Å². The molecule has 3 aromatic rings. The molecule has 0 amide bonds. The molecule has 2 heterocycles. The van der Waals surface area contributed by atoms with Gasteiger partial charge in [0.05, 0.1) is 22.0 Å². The van der Waals surface area contributed by atoms with Crippen LogP contribution in [0, 0.1) is 13.8 Å². The van der Waals surface area contributed by atoms with Gasteiger partial charge in [0.25, 0.3) is 5.56 Å². The van der Waals surface area contributed by atoms with Gasteiger partial charge in [0.1, 0.15) is 6.61 Å². The molecule has 1 aliphatic rings. The van der Waals surface area contributed by atoms with Crippen molar-refractivity contribution in [2.24, 2.45) is 0 Å². The van der Waals surface area contributed by atoms with Gasteiger partial charge >= 0.3 is 5.97 Å². The van der Waals surface area contributed by atoms with Crippen LogP contribution in [-0.2, 0) is 22.6 Å². The molecule has 1 aliphatic heterocycles. The Hall–Kier alpha value is -2.51. The zero-order chi connectivity index (χ0) is 22.0. The van der Waals surface area contributed by atoms with Gasteiger partial charge in [0.2, 0.25) is 0 Å². The molecule has 0 aliphatic carbocycles. The van der Waals surface area contributed by atoms with Crippen LogP contribution in [0.15, 0.2) is 63.4 Å². The molecule has 7 heteroatoms. The van der Waals surface area contributed by atoms with Gasteiger partial charge in [-0.3, -0.25) is 14.2 Å². The summed E-state index contributed by atoms with van der Waals surface area (Å²) in [6, 6.07) is 15.6. The van der Waals surface area contributed by atoms with Crippen molar-refractivity contribution in [1.29, 1.82) is 0 Å².